The van der Waals surface area contributed by atoms with Crippen LogP contribution >= 0.6 is 0 Å². The van der Waals surface area contributed by atoms with Crippen molar-refractivity contribution in [3.05, 3.63) is 42.2 Å². The van der Waals surface area contributed by atoms with E-state index in [2.05, 4.69) is 27.2 Å². The molecular weight excluding hydrogens is 250 g/mol. The van der Waals surface area contributed by atoms with Gasteiger partial charge in [-0.3, -0.25) is 0 Å². The number of anilines is 3. The number of nitrogens with zero attached hydrogens (tertiary/aromatic N) is 3. The van der Waals surface area contributed by atoms with E-state index in [1.807, 2.05) is 36.7 Å². The Balaban J connectivity index is 1.68. The lowest BCUT2D eigenvalue weighted by atomic mass is 10.0. The van der Waals surface area contributed by atoms with Crippen molar-refractivity contribution < 1.29 is 0 Å². The molecule has 0 bridgehead atoms. The minimum Gasteiger partial charge on any atom is -0.399 e. The lowest BCUT2D eigenvalue weighted by Gasteiger charge is -2.11. The summed E-state index contributed by atoms with van der Waals surface area (Å²) in [6.45, 7) is 2.24. The molecule has 1 aromatic heterocycles. The molecule has 0 amide bonds. The van der Waals surface area contributed by atoms with E-state index in [0.717, 1.165) is 24.5 Å². The lowest BCUT2D eigenvalue weighted by Crippen LogP contribution is -2.13. The van der Waals surface area contributed by atoms with Crippen molar-refractivity contribution >= 4 is 17.3 Å². The maximum atomic E-state index is 5.66. The first-order valence-corrected chi connectivity index (χ1v) is 6.84. The Kier molecular flexibility index (Phi) is 3.52. The highest BCUT2D eigenvalue weighted by molar-refractivity contribution is 5.56. The van der Waals surface area contributed by atoms with Crippen molar-refractivity contribution in [1.82, 2.24) is 14.9 Å². The number of hydrogen-bond acceptors (Lipinski definition) is 5. The van der Waals surface area contributed by atoms with Gasteiger partial charge in [0.2, 0.25) is 5.95 Å². The van der Waals surface area contributed by atoms with Crippen LogP contribution in [0.1, 0.15) is 17.9 Å². The molecule has 1 unspecified atom stereocenters. The smallest absolute Gasteiger partial charge is 0.227 e. The molecule has 2 aromatic rings. The summed E-state index contributed by atoms with van der Waals surface area (Å²) >= 11 is 0. The quantitative estimate of drug-likeness (QED) is 0.836. The minimum absolute atomic E-state index is 0.561. The van der Waals surface area contributed by atoms with Gasteiger partial charge in [-0.2, -0.15) is 0 Å². The molecular formula is C15H19N5. The highest BCUT2D eigenvalue weighted by atomic mass is 15.1. The standard InChI is InChI=1S/C15H19N5/c1-20-7-6-11(10-20)12-8-17-15(18-9-12)19-14-4-2-13(16)3-5-14/h2-5,8-9,11H,6-7,10,16H2,1H3,(H,17,18,19). The molecule has 0 aliphatic carbocycles. The van der Waals surface area contributed by atoms with Gasteiger partial charge in [0.15, 0.2) is 0 Å². The zero-order chi connectivity index (χ0) is 13.9. The lowest BCUT2D eigenvalue weighted by molar-refractivity contribution is 0.411. The summed E-state index contributed by atoms with van der Waals surface area (Å²) < 4.78 is 0. The molecule has 1 aliphatic heterocycles. The molecule has 1 fully saturated rings. The summed E-state index contributed by atoms with van der Waals surface area (Å²) in [5, 5.41) is 3.17. The summed E-state index contributed by atoms with van der Waals surface area (Å²) in [6, 6.07) is 7.53. The van der Waals surface area contributed by atoms with Crippen molar-refractivity contribution in [2.75, 3.05) is 31.2 Å². The van der Waals surface area contributed by atoms with Crippen LogP contribution in [0, 0.1) is 0 Å². The fraction of sp³-hybridized carbons (Fsp3) is 0.333. The molecule has 0 spiro atoms. The highest BCUT2D eigenvalue weighted by Crippen LogP contribution is 2.25. The summed E-state index contributed by atoms with van der Waals surface area (Å²) in [5.41, 5.74) is 8.56. The first-order chi connectivity index (χ1) is 9.70. The fourth-order valence-corrected chi connectivity index (χ4v) is 2.52. The number of nitrogen functional groups attached to an aromatic ring is 1. The van der Waals surface area contributed by atoms with Gasteiger partial charge in [0.1, 0.15) is 0 Å². The van der Waals surface area contributed by atoms with Crippen LogP contribution in [0.4, 0.5) is 17.3 Å². The van der Waals surface area contributed by atoms with E-state index in [1.54, 1.807) is 0 Å². The first kappa shape index (κ1) is 12.9. The Morgan fingerprint density at radius 1 is 1.20 bits per heavy atom. The number of likely N-dealkylation sites (tertiary alicyclic amines) is 1. The highest BCUT2D eigenvalue weighted by Gasteiger charge is 2.21. The van der Waals surface area contributed by atoms with Gasteiger partial charge >= 0.3 is 0 Å². The number of aromatic nitrogens is 2. The van der Waals surface area contributed by atoms with E-state index in [0.29, 0.717) is 11.9 Å². The van der Waals surface area contributed by atoms with Gasteiger partial charge in [-0.05, 0) is 49.8 Å². The van der Waals surface area contributed by atoms with E-state index in [9.17, 15) is 0 Å². The van der Waals surface area contributed by atoms with Gasteiger partial charge < -0.3 is 16.0 Å². The van der Waals surface area contributed by atoms with Crippen LogP contribution in [0.5, 0.6) is 0 Å². The number of hydrogen-bond donors (Lipinski definition) is 2. The third kappa shape index (κ3) is 2.88. The fourth-order valence-electron chi connectivity index (χ4n) is 2.52. The summed E-state index contributed by atoms with van der Waals surface area (Å²) in [4.78, 5) is 11.1. The third-order valence-electron chi connectivity index (χ3n) is 3.70. The molecule has 1 aromatic carbocycles. The van der Waals surface area contributed by atoms with Crippen LogP contribution in [0.3, 0.4) is 0 Å². The molecule has 3 N–H and O–H groups in total. The van der Waals surface area contributed by atoms with E-state index < -0.39 is 0 Å². The van der Waals surface area contributed by atoms with Crippen LogP contribution in [0.2, 0.25) is 0 Å². The predicted molar refractivity (Wildman–Crippen MR) is 81.0 cm³/mol. The largest absolute Gasteiger partial charge is 0.399 e. The van der Waals surface area contributed by atoms with Gasteiger partial charge in [-0.25, -0.2) is 9.97 Å². The Labute approximate surface area is 118 Å². The zero-order valence-electron chi connectivity index (χ0n) is 11.6. The second kappa shape index (κ2) is 5.46. The molecule has 5 nitrogen and oxygen atoms in total. The Morgan fingerprint density at radius 3 is 2.50 bits per heavy atom. The second-order valence-corrected chi connectivity index (χ2v) is 5.33. The van der Waals surface area contributed by atoms with Gasteiger partial charge in [0.05, 0.1) is 0 Å². The molecule has 1 atom stereocenters. The maximum absolute atomic E-state index is 5.66. The van der Waals surface area contributed by atoms with Crippen molar-refractivity contribution in [2.24, 2.45) is 0 Å². The SMILES string of the molecule is CN1CCC(c2cnc(Nc3ccc(N)cc3)nc2)C1. The molecule has 1 saturated heterocycles. The molecule has 5 heteroatoms. The molecule has 1 aliphatic rings. The van der Waals surface area contributed by atoms with Gasteiger partial charge in [-0.1, -0.05) is 0 Å². The van der Waals surface area contributed by atoms with Crippen molar-refractivity contribution in [1.29, 1.82) is 0 Å². The van der Waals surface area contributed by atoms with Crippen LogP contribution in [-0.4, -0.2) is 35.0 Å². The van der Waals surface area contributed by atoms with E-state index in [1.165, 1.54) is 12.0 Å². The van der Waals surface area contributed by atoms with Gasteiger partial charge in [0.25, 0.3) is 0 Å². The number of likely N-dealkylation sites (N-methyl/N-ethyl adjacent to an activating group) is 1. The minimum atomic E-state index is 0.561. The van der Waals surface area contributed by atoms with Crippen LogP contribution in [0.25, 0.3) is 0 Å². The number of nitrogens with two attached hydrogens (primary N) is 1. The number of benzene rings is 1. The van der Waals surface area contributed by atoms with Crippen LogP contribution < -0.4 is 11.1 Å². The van der Waals surface area contributed by atoms with Crippen molar-refractivity contribution in [3.63, 3.8) is 0 Å². The Bertz CT molecular complexity index is 564. The van der Waals surface area contributed by atoms with Crippen LogP contribution in [0.15, 0.2) is 36.7 Å². The van der Waals surface area contributed by atoms with Crippen molar-refractivity contribution in [3.8, 4) is 0 Å². The van der Waals surface area contributed by atoms with E-state index >= 15 is 0 Å². The third-order valence-corrected chi connectivity index (χ3v) is 3.70. The van der Waals surface area contributed by atoms with E-state index in [-0.39, 0.29) is 0 Å². The molecule has 104 valence electrons. The first-order valence-electron chi connectivity index (χ1n) is 6.84. The monoisotopic (exact) mass is 269 g/mol. The molecule has 20 heavy (non-hydrogen) atoms. The molecule has 0 radical (unpaired) electrons. The average molecular weight is 269 g/mol. The predicted octanol–water partition coefficient (Wildman–Crippen LogP) is 2.22. The Morgan fingerprint density at radius 2 is 1.90 bits per heavy atom. The molecule has 0 saturated carbocycles. The summed E-state index contributed by atoms with van der Waals surface area (Å²) in [6.07, 6.45) is 5.04. The molecule has 2 heterocycles. The second-order valence-electron chi connectivity index (χ2n) is 5.33. The maximum Gasteiger partial charge on any atom is 0.227 e. The van der Waals surface area contributed by atoms with Crippen molar-refractivity contribution in [2.45, 2.75) is 12.3 Å². The summed E-state index contributed by atoms with van der Waals surface area (Å²) in [7, 11) is 2.15. The van der Waals surface area contributed by atoms with Gasteiger partial charge in [0, 0.05) is 36.2 Å². The zero-order valence-corrected chi connectivity index (χ0v) is 11.6. The summed E-state index contributed by atoms with van der Waals surface area (Å²) in [5.74, 6) is 1.18. The van der Waals surface area contributed by atoms with Crippen LogP contribution in [-0.2, 0) is 0 Å². The normalized spacial score (nSPS) is 19.1. The van der Waals surface area contributed by atoms with Gasteiger partial charge in [-0.15, -0.1) is 0 Å². The van der Waals surface area contributed by atoms with E-state index in [4.69, 9.17) is 5.73 Å². The molecule has 3 rings (SSSR count). The topological polar surface area (TPSA) is 67.1 Å². The average Bonchev–Trinajstić information content (AvgIpc) is 2.89. The Hall–Kier alpha value is -2.14. The number of nitrogens with one attached hydrogen (secondary N) is 1. The number of rotatable bonds is 3.